The van der Waals surface area contributed by atoms with E-state index in [2.05, 4.69) is 13.8 Å². The lowest BCUT2D eigenvalue weighted by Crippen LogP contribution is -2.14. The molecule has 0 radical (unpaired) electrons. The van der Waals surface area contributed by atoms with Gasteiger partial charge in [0, 0.05) is 25.6 Å². The number of ether oxygens (including phenoxy) is 7. The van der Waals surface area contributed by atoms with Crippen molar-refractivity contribution in [1.82, 2.24) is 0 Å². The van der Waals surface area contributed by atoms with Gasteiger partial charge in [0.2, 0.25) is 0 Å². The van der Waals surface area contributed by atoms with Gasteiger partial charge in [-0.15, -0.1) is 0 Å². The van der Waals surface area contributed by atoms with Crippen LogP contribution in [-0.4, -0.2) is 98.3 Å². The SMILES string of the molecule is CC(C)CCCOCCOCCOCCOCCOCCOCCOCCCC(=O)C(C)C. The van der Waals surface area contributed by atoms with Crippen LogP contribution in [0.15, 0.2) is 0 Å². The maximum atomic E-state index is 11.5. The van der Waals surface area contributed by atoms with Crippen molar-refractivity contribution in [1.29, 1.82) is 0 Å². The average molecular weight is 479 g/mol. The fourth-order valence-corrected chi connectivity index (χ4v) is 2.65. The first-order valence-corrected chi connectivity index (χ1v) is 12.6. The lowest BCUT2D eigenvalue weighted by atomic mass is 10.1. The first kappa shape index (κ1) is 32.4. The van der Waals surface area contributed by atoms with Crippen molar-refractivity contribution in [3.05, 3.63) is 0 Å². The van der Waals surface area contributed by atoms with Gasteiger partial charge in [0.1, 0.15) is 5.78 Å². The van der Waals surface area contributed by atoms with E-state index < -0.39 is 0 Å². The Labute approximate surface area is 201 Å². The Morgan fingerprint density at radius 1 is 0.485 bits per heavy atom. The summed E-state index contributed by atoms with van der Waals surface area (Å²) in [6.07, 6.45) is 3.68. The molecule has 0 aromatic carbocycles. The van der Waals surface area contributed by atoms with Gasteiger partial charge >= 0.3 is 0 Å². The quantitative estimate of drug-likeness (QED) is 0.166. The highest BCUT2D eigenvalue weighted by Gasteiger charge is 2.05. The molecule has 0 aliphatic rings. The zero-order chi connectivity index (χ0) is 24.4. The van der Waals surface area contributed by atoms with E-state index in [-0.39, 0.29) is 11.7 Å². The molecule has 0 heterocycles. The van der Waals surface area contributed by atoms with Crippen molar-refractivity contribution < 1.29 is 38.0 Å². The summed E-state index contributed by atoms with van der Waals surface area (Å²) in [5.41, 5.74) is 0. The third-order valence-electron chi connectivity index (χ3n) is 4.66. The van der Waals surface area contributed by atoms with E-state index in [1.807, 2.05) is 13.8 Å². The van der Waals surface area contributed by atoms with Crippen LogP contribution in [0.2, 0.25) is 0 Å². The molecule has 0 bridgehead atoms. The van der Waals surface area contributed by atoms with Crippen LogP contribution in [0.1, 0.15) is 53.4 Å². The van der Waals surface area contributed by atoms with Crippen molar-refractivity contribution in [2.45, 2.75) is 53.4 Å². The van der Waals surface area contributed by atoms with Crippen molar-refractivity contribution in [3.63, 3.8) is 0 Å². The maximum Gasteiger partial charge on any atom is 0.135 e. The topological polar surface area (TPSA) is 81.7 Å². The molecule has 198 valence electrons. The maximum absolute atomic E-state index is 11.5. The average Bonchev–Trinajstić information content (AvgIpc) is 2.78. The number of hydrogen-bond donors (Lipinski definition) is 0. The number of carbonyl (C=O) groups excluding carboxylic acids is 1. The van der Waals surface area contributed by atoms with E-state index >= 15 is 0 Å². The van der Waals surface area contributed by atoms with Gasteiger partial charge in [-0.05, 0) is 25.2 Å². The third-order valence-corrected chi connectivity index (χ3v) is 4.66. The van der Waals surface area contributed by atoms with E-state index in [1.165, 1.54) is 6.42 Å². The number of hydrogen-bond acceptors (Lipinski definition) is 8. The fourth-order valence-electron chi connectivity index (χ4n) is 2.65. The lowest BCUT2D eigenvalue weighted by Gasteiger charge is -2.09. The van der Waals surface area contributed by atoms with Gasteiger partial charge in [-0.3, -0.25) is 4.79 Å². The second kappa shape index (κ2) is 26.0. The predicted octanol–water partition coefficient (Wildman–Crippen LogP) is 3.54. The molecule has 0 saturated heterocycles. The summed E-state index contributed by atoms with van der Waals surface area (Å²) in [4.78, 5) is 11.5. The Morgan fingerprint density at radius 3 is 1.09 bits per heavy atom. The van der Waals surface area contributed by atoms with Gasteiger partial charge in [0.05, 0.1) is 79.3 Å². The van der Waals surface area contributed by atoms with E-state index in [9.17, 15) is 4.79 Å². The molecule has 0 aromatic heterocycles. The van der Waals surface area contributed by atoms with Gasteiger partial charge in [-0.1, -0.05) is 27.7 Å². The summed E-state index contributed by atoms with van der Waals surface area (Å²) in [6.45, 7) is 16.4. The monoisotopic (exact) mass is 478 g/mol. The highest BCUT2D eigenvalue weighted by molar-refractivity contribution is 5.80. The van der Waals surface area contributed by atoms with E-state index in [1.54, 1.807) is 0 Å². The minimum Gasteiger partial charge on any atom is -0.379 e. The summed E-state index contributed by atoms with van der Waals surface area (Å²) in [5.74, 6) is 1.13. The van der Waals surface area contributed by atoms with Crippen LogP contribution in [0.3, 0.4) is 0 Å². The largest absolute Gasteiger partial charge is 0.379 e. The molecular formula is C25H50O8. The summed E-state index contributed by atoms with van der Waals surface area (Å²) in [7, 11) is 0. The highest BCUT2D eigenvalue weighted by Crippen LogP contribution is 2.03. The number of ketones is 1. The lowest BCUT2D eigenvalue weighted by molar-refractivity contribution is -0.122. The van der Waals surface area contributed by atoms with Crippen LogP contribution in [0.5, 0.6) is 0 Å². The molecule has 0 fully saturated rings. The summed E-state index contributed by atoms with van der Waals surface area (Å²) < 4.78 is 38.2. The first-order chi connectivity index (χ1) is 16.0. The second-order valence-corrected chi connectivity index (χ2v) is 8.55. The minimum absolute atomic E-state index is 0.108. The number of Topliss-reactive ketones (excluding diaryl/α,β-unsaturated/α-hetero) is 1. The second-order valence-electron chi connectivity index (χ2n) is 8.55. The van der Waals surface area contributed by atoms with Gasteiger partial charge in [0.15, 0.2) is 0 Å². The minimum atomic E-state index is 0.108. The Kier molecular flexibility index (Phi) is 25.5. The van der Waals surface area contributed by atoms with Gasteiger partial charge < -0.3 is 33.2 Å². The molecule has 0 aliphatic heterocycles. The van der Waals surface area contributed by atoms with Crippen molar-refractivity contribution >= 4 is 5.78 Å². The van der Waals surface area contributed by atoms with Crippen molar-refractivity contribution in [2.24, 2.45) is 11.8 Å². The van der Waals surface area contributed by atoms with Gasteiger partial charge in [0.25, 0.3) is 0 Å². The van der Waals surface area contributed by atoms with Gasteiger partial charge in [-0.2, -0.15) is 0 Å². The molecule has 0 unspecified atom stereocenters. The summed E-state index contributed by atoms with van der Waals surface area (Å²) in [5, 5.41) is 0. The third kappa shape index (κ3) is 27.5. The molecule has 0 aliphatic carbocycles. The van der Waals surface area contributed by atoms with Crippen LogP contribution in [0.4, 0.5) is 0 Å². The van der Waals surface area contributed by atoms with Crippen LogP contribution >= 0.6 is 0 Å². The van der Waals surface area contributed by atoms with Crippen LogP contribution in [-0.2, 0) is 38.0 Å². The summed E-state index contributed by atoms with van der Waals surface area (Å²) >= 11 is 0. The molecule has 0 spiro atoms. The molecule has 0 rings (SSSR count). The Morgan fingerprint density at radius 2 is 0.788 bits per heavy atom. The van der Waals surface area contributed by atoms with Crippen molar-refractivity contribution in [2.75, 3.05) is 92.5 Å². The molecule has 0 saturated carbocycles. The molecule has 0 N–H and O–H groups in total. The van der Waals surface area contributed by atoms with E-state index in [4.69, 9.17) is 33.2 Å². The normalized spacial score (nSPS) is 11.7. The van der Waals surface area contributed by atoms with E-state index in [0.29, 0.717) is 92.3 Å². The fraction of sp³-hybridized carbons (Fsp3) is 0.960. The number of rotatable bonds is 27. The summed E-state index contributed by atoms with van der Waals surface area (Å²) in [6, 6.07) is 0. The highest BCUT2D eigenvalue weighted by atomic mass is 16.6. The zero-order valence-electron chi connectivity index (χ0n) is 21.6. The Hall–Kier alpha value is -0.610. The van der Waals surface area contributed by atoms with E-state index in [0.717, 1.165) is 25.4 Å². The molecule has 8 heteroatoms. The molecule has 8 nitrogen and oxygen atoms in total. The molecule has 0 atom stereocenters. The zero-order valence-corrected chi connectivity index (χ0v) is 21.6. The van der Waals surface area contributed by atoms with Crippen LogP contribution in [0, 0.1) is 11.8 Å². The smallest absolute Gasteiger partial charge is 0.135 e. The standard InChI is InChI=1S/C25H50O8/c1-23(2)7-5-9-27-11-13-29-15-17-31-19-21-33-22-20-32-18-16-30-14-12-28-10-6-8-25(26)24(3)4/h23-24H,5-22H2,1-4H3. The van der Waals surface area contributed by atoms with Crippen LogP contribution in [0.25, 0.3) is 0 Å². The predicted molar refractivity (Wildman–Crippen MR) is 129 cm³/mol. The molecular weight excluding hydrogens is 428 g/mol. The Balaban J connectivity index is 3.06. The molecule has 33 heavy (non-hydrogen) atoms. The first-order valence-electron chi connectivity index (χ1n) is 12.6. The number of carbonyl (C=O) groups is 1. The molecule has 0 aromatic rings. The Bertz CT molecular complexity index is 404. The molecule has 0 amide bonds. The van der Waals surface area contributed by atoms with Crippen LogP contribution < -0.4 is 0 Å². The van der Waals surface area contributed by atoms with Gasteiger partial charge in [-0.25, -0.2) is 0 Å². The van der Waals surface area contributed by atoms with Crippen molar-refractivity contribution in [3.8, 4) is 0 Å².